The zero-order chi connectivity index (χ0) is 9.97. The average Bonchev–Trinajstić information content (AvgIpc) is 2.21. The van der Waals surface area contributed by atoms with Crippen molar-refractivity contribution >= 4 is 0 Å². The van der Waals surface area contributed by atoms with Crippen LogP contribution >= 0.6 is 0 Å². The highest BCUT2D eigenvalue weighted by molar-refractivity contribution is 5.47. The Morgan fingerprint density at radius 2 is 1.86 bits per heavy atom. The van der Waals surface area contributed by atoms with E-state index in [4.69, 9.17) is 0 Å². The van der Waals surface area contributed by atoms with Crippen LogP contribution in [0.1, 0.15) is 5.56 Å². The summed E-state index contributed by atoms with van der Waals surface area (Å²) in [6.45, 7) is 1.92. The summed E-state index contributed by atoms with van der Waals surface area (Å²) >= 11 is 0. The number of halogens is 1. The van der Waals surface area contributed by atoms with Gasteiger partial charge in [0.05, 0.1) is 12.4 Å². The van der Waals surface area contributed by atoms with Gasteiger partial charge in [0.15, 0.2) is 11.6 Å². The fourth-order valence-electron chi connectivity index (χ4n) is 0.980. The minimum atomic E-state index is -0.458. The Kier molecular flexibility index (Phi) is 2.18. The molecule has 2 aromatic heterocycles. The number of nitrogens with zero attached hydrogens (tertiary/aromatic N) is 3. The van der Waals surface area contributed by atoms with E-state index in [9.17, 15) is 4.39 Å². The van der Waals surface area contributed by atoms with Crippen LogP contribution in [0.2, 0.25) is 0 Å². The summed E-state index contributed by atoms with van der Waals surface area (Å²) in [5.41, 5.74) is 1.53. The molecule has 2 rings (SSSR count). The van der Waals surface area contributed by atoms with Gasteiger partial charge >= 0.3 is 0 Å². The maximum atomic E-state index is 12.5. The van der Waals surface area contributed by atoms with Crippen molar-refractivity contribution in [3.05, 3.63) is 42.1 Å². The lowest BCUT2D eigenvalue weighted by atomic mass is 10.2. The second kappa shape index (κ2) is 3.49. The summed E-state index contributed by atoms with van der Waals surface area (Å²) in [7, 11) is 0. The largest absolute Gasteiger partial charge is 0.252 e. The summed E-state index contributed by atoms with van der Waals surface area (Å²) < 4.78 is 12.5. The maximum absolute atomic E-state index is 12.5. The van der Waals surface area contributed by atoms with E-state index in [0.29, 0.717) is 11.5 Å². The Hall–Kier alpha value is -1.84. The second-order valence-electron chi connectivity index (χ2n) is 2.86. The first-order chi connectivity index (χ1) is 6.75. The fourth-order valence-corrected chi connectivity index (χ4v) is 0.980. The maximum Gasteiger partial charge on any atom is 0.178 e. The molecule has 0 atom stereocenters. The SMILES string of the molecule is Cc1c[c]c(-c2ncc(F)cn2)nc1. The Bertz CT molecular complexity index is 379. The van der Waals surface area contributed by atoms with Crippen LogP contribution in [0, 0.1) is 18.8 Å². The van der Waals surface area contributed by atoms with Crippen molar-refractivity contribution in [2.45, 2.75) is 6.92 Å². The van der Waals surface area contributed by atoms with E-state index in [2.05, 4.69) is 21.0 Å². The first-order valence-electron chi connectivity index (χ1n) is 4.08. The zero-order valence-corrected chi connectivity index (χ0v) is 7.53. The highest BCUT2D eigenvalue weighted by Crippen LogP contribution is 2.10. The molecule has 0 saturated carbocycles. The minimum Gasteiger partial charge on any atom is -0.252 e. The average molecular weight is 188 g/mol. The number of hydrogen-bond acceptors (Lipinski definition) is 3. The molecule has 0 N–H and O–H groups in total. The lowest BCUT2D eigenvalue weighted by Gasteiger charge is -1.97. The molecule has 0 fully saturated rings. The molecule has 0 spiro atoms. The third-order valence-corrected chi connectivity index (χ3v) is 1.67. The summed E-state index contributed by atoms with van der Waals surface area (Å²) in [5.74, 6) is -0.0766. The van der Waals surface area contributed by atoms with Gasteiger partial charge in [0.1, 0.15) is 5.69 Å². The first kappa shape index (κ1) is 8.74. The molecular weight excluding hydrogens is 181 g/mol. The quantitative estimate of drug-likeness (QED) is 0.684. The van der Waals surface area contributed by atoms with Crippen LogP contribution in [0.25, 0.3) is 11.5 Å². The van der Waals surface area contributed by atoms with Crippen LogP contribution in [0.15, 0.2) is 24.7 Å². The predicted molar refractivity (Wildman–Crippen MR) is 48.8 cm³/mol. The lowest BCUT2D eigenvalue weighted by molar-refractivity contribution is 0.614. The fraction of sp³-hybridized carbons (Fsp3) is 0.100. The van der Waals surface area contributed by atoms with Gasteiger partial charge in [-0.1, -0.05) is 0 Å². The number of aromatic nitrogens is 3. The van der Waals surface area contributed by atoms with Gasteiger partial charge in [0, 0.05) is 12.3 Å². The molecule has 3 nitrogen and oxygen atoms in total. The van der Waals surface area contributed by atoms with Crippen LogP contribution < -0.4 is 0 Å². The van der Waals surface area contributed by atoms with Crippen LogP contribution in [-0.4, -0.2) is 15.0 Å². The summed E-state index contributed by atoms with van der Waals surface area (Å²) in [6, 6.07) is 4.70. The molecule has 0 aliphatic heterocycles. The van der Waals surface area contributed by atoms with Crippen LogP contribution in [0.5, 0.6) is 0 Å². The monoisotopic (exact) mass is 188 g/mol. The smallest absolute Gasteiger partial charge is 0.178 e. The van der Waals surface area contributed by atoms with Crippen molar-refractivity contribution in [2.24, 2.45) is 0 Å². The molecule has 4 heteroatoms. The minimum absolute atomic E-state index is 0.381. The van der Waals surface area contributed by atoms with Crippen molar-refractivity contribution in [1.29, 1.82) is 0 Å². The van der Waals surface area contributed by atoms with Gasteiger partial charge in [-0.05, 0) is 18.6 Å². The Labute approximate surface area is 80.7 Å². The summed E-state index contributed by atoms with van der Waals surface area (Å²) in [5, 5.41) is 0. The van der Waals surface area contributed by atoms with Gasteiger partial charge in [-0.25, -0.2) is 14.4 Å². The Morgan fingerprint density at radius 3 is 2.43 bits per heavy atom. The van der Waals surface area contributed by atoms with Crippen molar-refractivity contribution in [2.75, 3.05) is 0 Å². The first-order valence-corrected chi connectivity index (χ1v) is 4.08. The number of rotatable bonds is 1. The third-order valence-electron chi connectivity index (χ3n) is 1.67. The van der Waals surface area contributed by atoms with Crippen LogP contribution in [0.4, 0.5) is 4.39 Å². The number of pyridine rings is 1. The topological polar surface area (TPSA) is 38.7 Å². The third kappa shape index (κ3) is 1.74. The lowest BCUT2D eigenvalue weighted by Crippen LogP contribution is -1.92. The molecule has 0 amide bonds. The van der Waals surface area contributed by atoms with Crippen LogP contribution in [0.3, 0.4) is 0 Å². The molecule has 0 aromatic carbocycles. The molecule has 0 unspecified atom stereocenters. The van der Waals surface area contributed by atoms with Gasteiger partial charge in [0.25, 0.3) is 0 Å². The normalized spacial score (nSPS) is 10.1. The van der Waals surface area contributed by atoms with Crippen LogP contribution in [-0.2, 0) is 0 Å². The molecule has 2 heterocycles. The molecule has 1 radical (unpaired) electrons. The second-order valence-corrected chi connectivity index (χ2v) is 2.86. The van der Waals surface area contributed by atoms with Gasteiger partial charge in [-0.2, -0.15) is 0 Å². The number of hydrogen-bond donors (Lipinski definition) is 0. The van der Waals surface area contributed by atoms with Gasteiger partial charge in [-0.15, -0.1) is 0 Å². The molecule has 14 heavy (non-hydrogen) atoms. The molecule has 0 aliphatic rings. The predicted octanol–water partition coefficient (Wildman–Crippen LogP) is 1.79. The van der Waals surface area contributed by atoms with Crippen molar-refractivity contribution in [3.63, 3.8) is 0 Å². The highest BCUT2D eigenvalue weighted by atomic mass is 19.1. The molecular formula is C10H7FN3. The van der Waals surface area contributed by atoms with E-state index in [0.717, 1.165) is 18.0 Å². The van der Waals surface area contributed by atoms with Crippen molar-refractivity contribution < 1.29 is 4.39 Å². The van der Waals surface area contributed by atoms with Gasteiger partial charge in [0.2, 0.25) is 0 Å². The van der Waals surface area contributed by atoms with E-state index in [1.807, 2.05) is 6.92 Å². The number of aryl methyl sites for hydroxylation is 1. The highest BCUT2D eigenvalue weighted by Gasteiger charge is 2.02. The van der Waals surface area contributed by atoms with E-state index in [-0.39, 0.29) is 0 Å². The van der Waals surface area contributed by atoms with Gasteiger partial charge < -0.3 is 0 Å². The van der Waals surface area contributed by atoms with E-state index in [1.165, 1.54) is 0 Å². The molecule has 0 saturated heterocycles. The van der Waals surface area contributed by atoms with E-state index in [1.54, 1.807) is 12.3 Å². The standard InChI is InChI=1S/C10H7FN3/c1-7-2-3-9(12-4-7)10-13-5-8(11)6-14-10/h2,4-6H,1H3. The molecule has 69 valence electrons. The van der Waals surface area contributed by atoms with Gasteiger partial charge in [-0.3, -0.25) is 4.98 Å². The molecule has 0 bridgehead atoms. The Morgan fingerprint density at radius 1 is 1.14 bits per heavy atom. The van der Waals surface area contributed by atoms with Crippen molar-refractivity contribution in [1.82, 2.24) is 15.0 Å². The van der Waals surface area contributed by atoms with E-state index < -0.39 is 5.82 Å². The Balaban J connectivity index is 2.40. The molecule has 0 aliphatic carbocycles. The van der Waals surface area contributed by atoms with Crippen molar-refractivity contribution in [3.8, 4) is 11.5 Å². The summed E-state index contributed by atoms with van der Waals surface area (Å²) in [4.78, 5) is 11.7. The summed E-state index contributed by atoms with van der Waals surface area (Å²) in [6.07, 6.45) is 3.91. The molecule has 2 aromatic rings. The zero-order valence-electron chi connectivity index (χ0n) is 7.53. The van der Waals surface area contributed by atoms with E-state index >= 15 is 0 Å².